The van der Waals surface area contributed by atoms with Crippen LogP contribution in [0, 0.1) is 5.92 Å². The Bertz CT molecular complexity index is 668. The Labute approximate surface area is 146 Å². The van der Waals surface area contributed by atoms with E-state index in [4.69, 9.17) is 4.74 Å². The minimum atomic E-state index is 0.107. The van der Waals surface area contributed by atoms with Gasteiger partial charge < -0.3 is 9.64 Å². The zero-order valence-electron chi connectivity index (χ0n) is 13.6. The highest BCUT2D eigenvalue weighted by atomic mass is 32.1. The number of amides is 1. The van der Waals surface area contributed by atoms with Gasteiger partial charge in [-0.3, -0.25) is 9.78 Å². The van der Waals surface area contributed by atoms with Crippen LogP contribution in [0.3, 0.4) is 0 Å². The number of hydrogen-bond acceptors (Lipinski definition) is 4. The second-order valence-electron chi connectivity index (χ2n) is 6.67. The van der Waals surface area contributed by atoms with Crippen molar-refractivity contribution in [1.29, 1.82) is 0 Å². The van der Waals surface area contributed by atoms with E-state index in [9.17, 15) is 4.79 Å². The molecule has 4 nitrogen and oxygen atoms in total. The van der Waals surface area contributed by atoms with E-state index in [1.165, 1.54) is 10.4 Å². The van der Waals surface area contributed by atoms with Gasteiger partial charge in [0.1, 0.15) is 0 Å². The lowest BCUT2D eigenvalue weighted by Gasteiger charge is -2.25. The minimum Gasteiger partial charge on any atom is -0.376 e. The van der Waals surface area contributed by atoms with E-state index < -0.39 is 0 Å². The topological polar surface area (TPSA) is 42.4 Å². The number of carbonyl (C=O) groups is 1. The van der Waals surface area contributed by atoms with Gasteiger partial charge in [-0.1, -0.05) is 12.1 Å². The molecule has 0 unspecified atom stereocenters. The summed E-state index contributed by atoms with van der Waals surface area (Å²) in [4.78, 5) is 20.5. The molecule has 24 heavy (non-hydrogen) atoms. The van der Waals surface area contributed by atoms with E-state index in [0.717, 1.165) is 25.9 Å². The number of pyridine rings is 1. The summed E-state index contributed by atoms with van der Waals surface area (Å²) < 4.78 is 5.76. The summed E-state index contributed by atoms with van der Waals surface area (Å²) in [6.07, 6.45) is 6.98. The van der Waals surface area contributed by atoms with Crippen molar-refractivity contribution in [2.24, 2.45) is 5.92 Å². The molecule has 3 atom stereocenters. The van der Waals surface area contributed by atoms with E-state index >= 15 is 0 Å². The first-order valence-corrected chi connectivity index (χ1v) is 9.52. The van der Waals surface area contributed by atoms with Crippen LogP contribution in [0.4, 0.5) is 0 Å². The van der Waals surface area contributed by atoms with E-state index in [1.807, 2.05) is 23.2 Å². The third-order valence-corrected chi connectivity index (χ3v) is 5.77. The summed E-state index contributed by atoms with van der Waals surface area (Å²) in [5.74, 6) is 0.713. The largest absolute Gasteiger partial charge is 0.376 e. The van der Waals surface area contributed by atoms with Crippen LogP contribution in [0.2, 0.25) is 0 Å². The number of ether oxygens (including phenoxy) is 1. The molecule has 1 amide bonds. The molecule has 126 valence electrons. The molecule has 1 saturated heterocycles. The maximum Gasteiger partial charge on any atom is 0.226 e. The van der Waals surface area contributed by atoms with Gasteiger partial charge in [0, 0.05) is 36.3 Å². The van der Waals surface area contributed by atoms with Crippen LogP contribution in [0.1, 0.15) is 35.6 Å². The third kappa shape index (κ3) is 3.52. The van der Waals surface area contributed by atoms with Crippen molar-refractivity contribution in [2.45, 2.75) is 37.8 Å². The number of rotatable bonds is 6. The molecule has 0 radical (unpaired) electrons. The van der Waals surface area contributed by atoms with E-state index in [1.54, 1.807) is 17.5 Å². The summed E-state index contributed by atoms with van der Waals surface area (Å²) in [5.41, 5.74) is 1.18. The van der Waals surface area contributed by atoms with Gasteiger partial charge >= 0.3 is 0 Å². The first kappa shape index (κ1) is 15.8. The lowest BCUT2D eigenvalue weighted by Crippen LogP contribution is -2.37. The second kappa shape index (κ2) is 7.03. The van der Waals surface area contributed by atoms with Crippen LogP contribution in [0.15, 0.2) is 42.0 Å². The van der Waals surface area contributed by atoms with Crippen LogP contribution in [-0.2, 0) is 16.1 Å². The highest BCUT2D eigenvalue weighted by Gasteiger charge is 2.46. The number of nitrogens with zero attached hydrogens (tertiary/aromatic N) is 2. The fourth-order valence-corrected chi connectivity index (χ4v) is 4.24. The predicted octanol–water partition coefficient (Wildman–Crippen LogP) is 3.45. The van der Waals surface area contributed by atoms with Crippen LogP contribution in [0.25, 0.3) is 0 Å². The Morgan fingerprint density at radius 2 is 2.33 bits per heavy atom. The molecule has 1 aliphatic carbocycles. The highest BCUT2D eigenvalue weighted by molar-refractivity contribution is 7.09. The summed E-state index contributed by atoms with van der Waals surface area (Å²) in [6, 6.07) is 8.18. The Morgan fingerprint density at radius 1 is 1.38 bits per heavy atom. The second-order valence-corrected chi connectivity index (χ2v) is 7.70. The number of hydrogen-bond donors (Lipinski definition) is 0. The molecule has 2 aliphatic rings. The summed E-state index contributed by atoms with van der Waals surface area (Å²) in [7, 11) is 0. The number of carbonyl (C=O) groups excluding carboxylic acids is 1. The van der Waals surface area contributed by atoms with Gasteiger partial charge in [0.15, 0.2) is 0 Å². The summed E-state index contributed by atoms with van der Waals surface area (Å²) in [6.45, 7) is 2.24. The summed E-state index contributed by atoms with van der Waals surface area (Å²) in [5, 5.41) is 2.07. The Kier molecular flexibility index (Phi) is 4.63. The van der Waals surface area contributed by atoms with Crippen LogP contribution in [0.5, 0.6) is 0 Å². The maximum atomic E-state index is 13.1. The van der Waals surface area contributed by atoms with E-state index in [0.29, 0.717) is 19.0 Å². The Morgan fingerprint density at radius 3 is 3.04 bits per heavy atom. The zero-order chi connectivity index (χ0) is 16.4. The molecule has 0 aromatic carbocycles. The van der Waals surface area contributed by atoms with Crippen molar-refractivity contribution in [3.8, 4) is 0 Å². The van der Waals surface area contributed by atoms with Gasteiger partial charge in [-0.15, -0.1) is 11.3 Å². The fraction of sp³-hybridized carbons (Fsp3) is 0.474. The molecule has 5 heteroatoms. The lowest BCUT2D eigenvalue weighted by molar-refractivity contribution is -0.134. The molecule has 0 N–H and O–H groups in total. The van der Waals surface area contributed by atoms with Crippen LogP contribution >= 0.6 is 11.3 Å². The third-order valence-electron chi connectivity index (χ3n) is 4.91. The Balaban J connectivity index is 1.44. The molecule has 3 heterocycles. The summed E-state index contributed by atoms with van der Waals surface area (Å²) >= 11 is 1.71. The minimum absolute atomic E-state index is 0.107. The molecular formula is C19H22N2O2S. The van der Waals surface area contributed by atoms with Crippen LogP contribution < -0.4 is 0 Å². The van der Waals surface area contributed by atoms with Gasteiger partial charge in [0.05, 0.1) is 12.6 Å². The molecule has 0 spiro atoms. The lowest BCUT2D eigenvalue weighted by atomic mass is 10.1. The quantitative estimate of drug-likeness (QED) is 0.807. The van der Waals surface area contributed by atoms with Gasteiger partial charge in [0.25, 0.3) is 0 Å². The van der Waals surface area contributed by atoms with Gasteiger partial charge in [-0.2, -0.15) is 0 Å². The van der Waals surface area contributed by atoms with Crippen molar-refractivity contribution in [3.05, 3.63) is 52.5 Å². The predicted molar refractivity (Wildman–Crippen MR) is 93.8 cm³/mol. The monoisotopic (exact) mass is 342 g/mol. The number of thiophene rings is 1. The maximum absolute atomic E-state index is 13.1. The van der Waals surface area contributed by atoms with Gasteiger partial charge in [0.2, 0.25) is 5.91 Å². The average Bonchev–Trinajstić information content (AvgIpc) is 2.98. The smallest absolute Gasteiger partial charge is 0.226 e. The molecule has 2 aromatic rings. The van der Waals surface area contributed by atoms with Crippen molar-refractivity contribution >= 4 is 17.2 Å². The molecule has 2 aromatic heterocycles. The van der Waals surface area contributed by atoms with E-state index in [2.05, 4.69) is 22.5 Å². The van der Waals surface area contributed by atoms with Crippen molar-refractivity contribution in [3.63, 3.8) is 0 Å². The highest BCUT2D eigenvalue weighted by Crippen LogP contribution is 2.48. The zero-order valence-corrected chi connectivity index (χ0v) is 14.5. The molecule has 0 bridgehead atoms. The standard InChI is InChI=1S/C19H22N2O2S/c22-19(18-10-17(18)14-4-1-7-20-11-14)21(12-15-5-2-8-23-15)13-16-6-3-9-24-16/h1,3-4,6-7,9,11,15,17-18H,2,5,8,10,12-13H2/t15-,17+,18-/m1/s1. The molecule has 1 saturated carbocycles. The van der Waals surface area contributed by atoms with Gasteiger partial charge in [-0.05, 0) is 48.3 Å². The average molecular weight is 342 g/mol. The van der Waals surface area contributed by atoms with Crippen LogP contribution in [-0.4, -0.2) is 35.0 Å². The molecule has 4 rings (SSSR count). The van der Waals surface area contributed by atoms with E-state index in [-0.39, 0.29) is 17.9 Å². The van der Waals surface area contributed by atoms with Crippen molar-refractivity contribution in [1.82, 2.24) is 9.88 Å². The van der Waals surface area contributed by atoms with Gasteiger partial charge in [-0.25, -0.2) is 0 Å². The molecular weight excluding hydrogens is 320 g/mol. The van der Waals surface area contributed by atoms with Crippen molar-refractivity contribution in [2.75, 3.05) is 13.2 Å². The fourth-order valence-electron chi connectivity index (χ4n) is 3.52. The first-order valence-electron chi connectivity index (χ1n) is 8.64. The first-order chi connectivity index (χ1) is 11.8. The Hall–Kier alpha value is -1.72. The number of aromatic nitrogens is 1. The van der Waals surface area contributed by atoms with Crippen molar-refractivity contribution < 1.29 is 9.53 Å². The normalized spacial score (nSPS) is 25.6. The molecule has 1 aliphatic heterocycles. The SMILES string of the molecule is O=C([C@@H]1C[C@H]1c1cccnc1)N(Cc1cccs1)C[C@H]1CCCO1. The molecule has 2 fully saturated rings.